The summed E-state index contributed by atoms with van der Waals surface area (Å²) < 4.78 is 10.9. The summed E-state index contributed by atoms with van der Waals surface area (Å²) in [6.45, 7) is 2.85. The van der Waals surface area contributed by atoms with Crippen molar-refractivity contribution in [2.45, 2.75) is 62.8 Å². The fraction of sp³-hybridized carbons (Fsp3) is 0.444. The van der Waals surface area contributed by atoms with E-state index < -0.39 is 0 Å². The Hall–Kier alpha value is -3.84. The van der Waals surface area contributed by atoms with Gasteiger partial charge >= 0.3 is 0 Å². The molecular formula is C36H38N2O5. The lowest BCUT2D eigenvalue weighted by Crippen LogP contribution is -2.62. The van der Waals surface area contributed by atoms with E-state index in [9.17, 15) is 14.7 Å². The summed E-state index contributed by atoms with van der Waals surface area (Å²) in [4.78, 5) is 28.9. The SMILES string of the molecule is O=C1CCC2[C@H]3Cc4ccc(C(=O)NCCc5ccc(-c6ccc7c(c6)OCO7)cc5)c(O)c4[C@@]2(CCN3CC2CC2)C1. The molecule has 3 aliphatic carbocycles. The van der Waals surface area contributed by atoms with Crippen molar-refractivity contribution in [2.75, 3.05) is 26.4 Å². The van der Waals surface area contributed by atoms with Crippen LogP contribution >= 0.6 is 0 Å². The molecule has 2 saturated carbocycles. The molecule has 8 rings (SSSR count). The molecule has 7 heteroatoms. The van der Waals surface area contributed by atoms with Gasteiger partial charge in [-0.25, -0.2) is 0 Å². The zero-order chi connectivity index (χ0) is 29.1. The van der Waals surface area contributed by atoms with Gasteiger partial charge in [-0.1, -0.05) is 36.4 Å². The van der Waals surface area contributed by atoms with Crippen LogP contribution in [0.3, 0.4) is 0 Å². The number of hydrogen-bond acceptors (Lipinski definition) is 6. The molecule has 5 aliphatic rings. The molecule has 2 N–H and O–H groups in total. The van der Waals surface area contributed by atoms with Gasteiger partial charge in [-0.3, -0.25) is 14.5 Å². The van der Waals surface area contributed by atoms with Gasteiger partial charge in [0.25, 0.3) is 5.91 Å². The maximum atomic E-state index is 13.4. The molecule has 3 fully saturated rings. The first-order valence-electron chi connectivity index (χ1n) is 15.9. The van der Waals surface area contributed by atoms with Crippen LogP contribution in [0.1, 0.15) is 65.6 Å². The Labute approximate surface area is 252 Å². The molecule has 2 aliphatic heterocycles. The number of phenolic OH excluding ortho intramolecular Hbond substituents is 1. The highest BCUT2D eigenvalue weighted by atomic mass is 16.7. The summed E-state index contributed by atoms with van der Waals surface area (Å²) in [6.07, 6.45) is 7.11. The van der Waals surface area contributed by atoms with E-state index in [1.54, 1.807) is 6.07 Å². The number of likely N-dealkylation sites (tertiary alicyclic amines) is 1. The largest absolute Gasteiger partial charge is 0.507 e. The third-order valence-corrected chi connectivity index (χ3v) is 10.7. The number of rotatable bonds is 7. The first-order valence-corrected chi connectivity index (χ1v) is 15.9. The van der Waals surface area contributed by atoms with Crippen LogP contribution in [0.15, 0.2) is 54.6 Å². The van der Waals surface area contributed by atoms with Crippen molar-refractivity contribution < 1.29 is 24.2 Å². The van der Waals surface area contributed by atoms with Crippen molar-refractivity contribution in [2.24, 2.45) is 11.8 Å². The molecule has 3 aromatic rings. The Balaban J connectivity index is 0.973. The molecular weight excluding hydrogens is 540 g/mol. The molecule has 3 aromatic carbocycles. The fourth-order valence-electron chi connectivity index (χ4n) is 8.41. The number of hydrogen-bond donors (Lipinski definition) is 2. The van der Waals surface area contributed by atoms with Gasteiger partial charge in [-0.05, 0) is 97.4 Å². The van der Waals surface area contributed by atoms with E-state index in [1.165, 1.54) is 12.8 Å². The second kappa shape index (κ2) is 10.4. The number of piperidine rings is 1. The van der Waals surface area contributed by atoms with Gasteiger partial charge in [0.05, 0.1) is 5.56 Å². The van der Waals surface area contributed by atoms with Crippen LogP contribution in [0.5, 0.6) is 17.2 Å². The number of amides is 1. The van der Waals surface area contributed by atoms with E-state index in [2.05, 4.69) is 34.5 Å². The number of nitrogens with one attached hydrogen (secondary N) is 1. The van der Waals surface area contributed by atoms with E-state index in [-0.39, 0.29) is 29.6 Å². The summed E-state index contributed by atoms with van der Waals surface area (Å²) in [5.41, 5.74) is 5.24. The van der Waals surface area contributed by atoms with Gasteiger partial charge in [0, 0.05) is 43.0 Å². The van der Waals surface area contributed by atoms with Gasteiger partial charge in [0.15, 0.2) is 11.5 Å². The summed E-state index contributed by atoms with van der Waals surface area (Å²) in [7, 11) is 0. The molecule has 7 nitrogen and oxygen atoms in total. The van der Waals surface area contributed by atoms with Gasteiger partial charge in [0.2, 0.25) is 6.79 Å². The molecule has 2 bridgehead atoms. The lowest BCUT2D eigenvalue weighted by Gasteiger charge is -2.58. The minimum absolute atomic E-state index is 0.0943. The highest BCUT2D eigenvalue weighted by molar-refractivity contribution is 5.98. The van der Waals surface area contributed by atoms with Crippen LogP contribution in [-0.2, 0) is 23.1 Å². The van der Waals surface area contributed by atoms with Crippen LogP contribution in [0.4, 0.5) is 0 Å². The average molecular weight is 579 g/mol. The minimum atomic E-state index is -0.353. The quantitative estimate of drug-likeness (QED) is 0.390. The van der Waals surface area contributed by atoms with Crippen LogP contribution in [0.2, 0.25) is 0 Å². The van der Waals surface area contributed by atoms with Gasteiger partial charge < -0.3 is 19.9 Å². The molecule has 3 atom stereocenters. The van der Waals surface area contributed by atoms with Crippen molar-refractivity contribution in [3.63, 3.8) is 0 Å². The number of phenols is 1. The molecule has 1 unspecified atom stereocenters. The van der Waals surface area contributed by atoms with Gasteiger partial charge in [-0.2, -0.15) is 0 Å². The standard InChI is InChI=1S/C36H38N2O5/c39-27-9-11-29-30-17-26-7-10-28(34(40)33(26)36(29,19-27)14-16-38(30)20-23-1-2-23)35(41)37-15-13-22-3-5-24(6-4-22)25-8-12-31-32(18-25)43-21-42-31/h3-8,10,12,18,23,29-30,40H,1-2,9,11,13-17,19-21H2,(H,37,41)/t29?,30-,36+/m1/s1. The number of carbonyl (C=O) groups excluding carboxylic acids is 2. The lowest BCUT2D eigenvalue weighted by molar-refractivity contribution is -0.127. The number of carbonyl (C=O) groups is 2. The number of aromatic hydroxyl groups is 1. The van der Waals surface area contributed by atoms with Crippen molar-refractivity contribution >= 4 is 11.7 Å². The van der Waals surface area contributed by atoms with Crippen LogP contribution in [0.25, 0.3) is 11.1 Å². The summed E-state index contributed by atoms with van der Waals surface area (Å²) >= 11 is 0. The molecule has 2 heterocycles. The Morgan fingerprint density at radius 3 is 2.65 bits per heavy atom. The van der Waals surface area contributed by atoms with Crippen molar-refractivity contribution in [1.29, 1.82) is 0 Å². The summed E-state index contributed by atoms with van der Waals surface area (Å²) in [6, 6.07) is 18.5. The molecule has 222 valence electrons. The van der Waals surface area contributed by atoms with Crippen molar-refractivity contribution in [3.05, 3.63) is 76.9 Å². The predicted octanol–water partition coefficient (Wildman–Crippen LogP) is 5.41. The van der Waals surface area contributed by atoms with E-state index in [1.807, 2.05) is 24.3 Å². The summed E-state index contributed by atoms with van der Waals surface area (Å²) in [5.74, 6) is 2.83. The van der Waals surface area contributed by atoms with E-state index in [4.69, 9.17) is 9.47 Å². The third-order valence-electron chi connectivity index (χ3n) is 10.7. The lowest BCUT2D eigenvalue weighted by atomic mass is 9.51. The Morgan fingerprint density at radius 2 is 1.81 bits per heavy atom. The van der Waals surface area contributed by atoms with Crippen LogP contribution in [-0.4, -0.2) is 54.2 Å². The minimum Gasteiger partial charge on any atom is -0.507 e. The molecule has 0 aromatic heterocycles. The van der Waals surface area contributed by atoms with E-state index in [0.29, 0.717) is 43.3 Å². The van der Waals surface area contributed by atoms with Crippen molar-refractivity contribution in [3.8, 4) is 28.4 Å². The molecule has 0 radical (unpaired) electrons. The number of fused-ring (bicyclic) bond motifs is 2. The predicted molar refractivity (Wildman–Crippen MR) is 163 cm³/mol. The monoisotopic (exact) mass is 578 g/mol. The topological polar surface area (TPSA) is 88.1 Å². The van der Waals surface area contributed by atoms with Gasteiger partial charge in [0.1, 0.15) is 11.5 Å². The number of ketones is 1. The highest BCUT2D eigenvalue weighted by Crippen LogP contribution is 2.58. The Bertz CT molecular complexity index is 1600. The second-order valence-corrected chi connectivity index (χ2v) is 13.2. The fourth-order valence-corrected chi connectivity index (χ4v) is 8.41. The van der Waals surface area contributed by atoms with Gasteiger partial charge in [-0.15, -0.1) is 0 Å². The van der Waals surface area contributed by atoms with Crippen molar-refractivity contribution in [1.82, 2.24) is 10.2 Å². The third kappa shape index (κ3) is 4.69. The van der Waals surface area contributed by atoms with Crippen LogP contribution in [0, 0.1) is 11.8 Å². The first kappa shape index (κ1) is 26.8. The normalized spacial score (nSPS) is 25.6. The number of benzene rings is 3. The average Bonchev–Trinajstić information content (AvgIpc) is 3.71. The Kier molecular flexibility index (Phi) is 6.48. The first-order chi connectivity index (χ1) is 21.0. The molecule has 43 heavy (non-hydrogen) atoms. The number of ether oxygens (including phenoxy) is 2. The molecule has 1 amide bonds. The smallest absolute Gasteiger partial charge is 0.255 e. The maximum Gasteiger partial charge on any atom is 0.255 e. The van der Waals surface area contributed by atoms with E-state index in [0.717, 1.165) is 77.6 Å². The summed E-state index contributed by atoms with van der Waals surface area (Å²) in [5, 5.41) is 14.7. The number of Topliss-reactive ketones (excluding diaryl/α,β-unsaturated/α-hetero) is 1. The second-order valence-electron chi connectivity index (χ2n) is 13.2. The molecule has 1 saturated heterocycles. The maximum absolute atomic E-state index is 13.4. The Morgan fingerprint density at radius 1 is 1.00 bits per heavy atom. The molecule has 0 spiro atoms. The highest BCUT2D eigenvalue weighted by Gasteiger charge is 2.57. The van der Waals surface area contributed by atoms with Crippen LogP contribution < -0.4 is 14.8 Å². The number of nitrogens with zero attached hydrogens (tertiary/aromatic N) is 1. The van der Waals surface area contributed by atoms with E-state index >= 15 is 0 Å². The zero-order valence-corrected chi connectivity index (χ0v) is 24.4. The zero-order valence-electron chi connectivity index (χ0n) is 24.4.